The zero-order valence-corrected chi connectivity index (χ0v) is 12.0. The second-order valence-corrected chi connectivity index (χ2v) is 6.79. The maximum atomic E-state index is 11.5. The number of nitro groups is 1. The number of nitrogens with zero attached hydrogens (tertiary/aromatic N) is 1. The Hall–Kier alpha value is -1.56. The Labute approximate surface area is 116 Å². The van der Waals surface area contributed by atoms with Gasteiger partial charge in [-0.1, -0.05) is 32.9 Å². The summed E-state index contributed by atoms with van der Waals surface area (Å²) in [4.78, 5) is 21.6. The highest BCUT2D eigenvalue weighted by Crippen LogP contribution is 2.23. The van der Waals surface area contributed by atoms with E-state index in [-0.39, 0.29) is 28.8 Å². The monoisotopic (exact) mass is 283 g/mol. The maximum Gasteiger partial charge on any atom is 0.316 e. The fourth-order valence-corrected chi connectivity index (χ4v) is 1.87. The molecule has 1 rings (SSSR count). The predicted molar refractivity (Wildman–Crippen MR) is 75.1 cm³/mol. The van der Waals surface area contributed by atoms with Crippen LogP contribution in [0.3, 0.4) is 0 Å². The van der Waals surface area contributed by atoms with Gasteiger partial charge in [0.1, 0.15) is 6.61 Å². The summed E-state index contributed by atoms with van der Waals surface area (Å²) in [6, 6.07) is 6.08. The van der Waals surface area contributed by atoms with Gasteiger partial charge in [-0.05, 0) is 5.56 Å². The Morgan fingerprint density at radius 3 is 2.68 bits per heavy atom. The third-order valence-electron chi connectivity index (χ3n) is 2.14. The lowest BCUT2D eigenvalue weighted by Gasteiger charge is -2.16. The molecule has 0 aliphatic heterocycles. The standard InChI is InChI=1S/C13H17NO4S/c1-13(2,3)19-9-12(15)18-8-10-5-4-6-11(7-10)14(16)17/h4-7H,8-9H2,1-3H3. The molecule has 0 unspecified atom stereocenters. The molecular weight excluding hydrogens is 266 g/mol. The molecule has 0 fully saturated rings. The number of nitro benzene ring substituents is 1. The molecule has 0 saturated carbocycles. The molecule has 104 valence electrons. The van der Waals surface area contributed by atoms with Crippen LogP contribution in [0.1, 0.15) is 26.3 Å². The van der Waals surface area contributed by atoms with Gasteiger partial charge >= 0.3 is 5.97 Å². The van der Waals surface area contributed by atoms with Gasteiger partial charge in [-0.25, -0.2) is 0 Å². The molecule has 0 spiro atoms. The first-order valence-corrected chi connectivity index (χ1v) is 6.79. The van der Waals surface area contributed by atoms with E-state index in [2.05, 4.69) is 0 Å². The number of esters is 1. The lowest BCUT2D eigenvalue weighted by molar-refractivity contribution is -0.384. The van der Waals surface area contributed by atoms with Gasteiger partial charge in [0.2, 0.25) is 0 Å². The van der Waals surface area contributed by atoms with E-state index >= 15 is 0 Å². The summed E-state index contributed by atoms with van der Waals surface area (Å²) in [6.07, 6.45) is 0. The van der Waals surface area contributed by atoms with E-state index in [9.17, 15) is 14.9 Å². The van der Waals surface area contributed by atoms with E-state index in [0.29, 0.717) is 5.56 Å². The van der Waals surface area contributed by atoms with Gasteiger partial charge in [-0.15, -0.1) is 11.8 Å². The number of non-ortho nitro benzene ring substituents is 1. The zero-order valence-electron chi connectivity index (χ0n) is 11.2. The van der Waals surface area contributed by atoms with E-state index in [1.165, 1.54) is 23.9 Å². The summed E-state index contributed by atoms with van der Waals surface area (Å²) in [5, 5.41) is 10.6. The Morgan fingerprint density at radius 2 is 2.11 bits per heavy atom. The van der Waals surface area contributed by atoms with Crippen LogP contribution in [-0.4, -0.2) is 21.4 Å². The van der Waals surface area contributed by atoms with E-state index in [1.807, 2.05) is 20.8 Å². The van der Waals surface area contributed by atoms with Crippen LogP contribution in [0.5, 0.6) is 0 Å². The third kappa shape index (κ3) is 6.24. The van der Waals surface area contributed by atoms with Crippen LogP contribution in [-0.2, 0) is 16.1 Å². The normalized spacial score (nSPS) is 11.1. The second-order valence-electron chi connectivity index (χ2n) is 4.99. The molecule has 1 aromatic carbocycles. The van der Waals surface area contributed by atoms with Gasteiger partial charge in [0.25, 0.3) is 5.69 Å². The van der Waals surface area contributed by atoms with Crippen LogP contribution in [0.25, 0.3) is 0 Å². The Morgan fingerprint density at radius 1 is 1.42 bits per heavy atom. The van der Waals surface area contributed by atoms with Crippen molar-refractivity contribution < 1.29 is 14.5 Å². The van der Waals surface area contributed by atoms with Crippen molar-refractivity contribution in [3.8, 4) is 0 Å². The summed E-state index contributed by atoms with van der Waals surface area (Å²) in [5.41, 5.74) is 0.612. The van der Waals surface area contributed by atoms with Crippen molar-refractivity contribution in [3.63, 3.8) is 0 Å². The predicted octanol–water partition coefficient (Wildman–Crippen LogP) is 3.17. The van der Waals surface area contributed by atoms with Crippen LogP contribution in [0.2, 0.25) is 0 Å². The van der Waals surface area contributed by atoms with Crippen molar-refractivity contribution in [2.45, 2.75) is 32.1 Å². The lowest BCUT2D eigenvalue weighted by Crippen LogP contribution is -2.14. The van der Waals surface area contributed by atoms with E-state index in [0.717, 1.165) is 0 Å². The number of ether oxygens (including phenoxy) is 1. The van der Waals surface area contributed by atoms with E-state index in [4.69, 9.17) is 4.74 Å². The van der Waals surface area contributed by atoms with Crippen molar-refractivity contribution in [2.75, 3.05) is 5.75 Å². The smallest absolute Gasteiger partial charge is 0.316 e. The van der Waals surface area contributed by atoms with Crippen molar-refractivity contribution >= 4 is 23.4 Å². The highest BCUT2D eigenvalue weighted by molar-refractivity contribution is 8.01. The summed E-state index contributed by atoms with van der Waals surface area (Å²) >= 11 is 1.50. The van der Waals surface area contributed by atoms with Crippen molar-refractivity contribution in [1.82, 2.24) is 0 Å². The molecule has 1 aromatic rings. The summed E-state index contributed by atoms with van der Waals surface area (Å²) in [7, 11) is 0. The molecule has 19 heavy (non-hydrogen) atoms. The van der Waals surface area contributed by atoms with Gasteiger partial charge in [0.05, 0.1) is 10.7 Å². The Kier molecular flexibility index (Phi) is 5.35. The van der Waals surface area contributed by atoms with E-state index < -0.39 is 4.92 Å². The fraction of sp³-hybridized carbons (Fsp3) is 0.462. The van der Waals surface area contributed by atoms with Crippen LogP contribution < -0.4 is 0 Å². The molecule has 0 aromatic heterocycles. The number of carbonyl (C=O) groups is 1. The zero-order chi connectivity index (χ0) is 14.5. The quantitative estimate of drug-likeness (QED) is 0.471. The van der Waals surface area contributed by atoms with Crippen LogP contribution >= 0.6 is 11.8 Å². The maximum absolute atomic E-state index is 11.5. The van der Waals surface area contributed by atoms with Gasteiger partial charge in [0, 0.05) is 16.9 Å². The van der Waals surface area contributed by atoms with Crippen LogP contribution in [0.4, 0.5) is 5.69 Å². The molecule has 0 atom stereocenters. The lowest BCUT2D eigenvalue weighted by atomic mass is 10.2. The first-order chi connectivity index (χ1) is 8.78. The van der Waals surface area contributed by atoms with Crippen molar-refractivity contribution in [1.29, 1.82) is 0 Å². The minimum atomic E-state index is -0.471. The molecule has 0 heterocycles. The van der Waals surface area contributed by atoms with Crippen molar-refractivity contribution in [3.05, 3.63) is 39.9 Å². The van der Waals surface area contributed by atoms with Crippen LogP contribution in [0.15, 0.2) is 24.3 Å². The molecule has 0 bridgehead atoms. The third-order valence-corrected chi connectivity index (χ3v) is 3.39. The Bertz CT molecular complexity index is 468. The number of carbonyl (C=O) groups excluding carboxylic acids is 1. The number of hydrogen-bond acceptors (Lipinski definition) is 5. The molecule has 0 amide bonds. The minimum Gasteiger partial charge on any atom is -0.460 e. The molecular formula is C13H17NO4S. The average molecular weight is 283 g/mol. The van der Waals surface area contributed by atoms with Gasteiger partial charge in [-0.2, -0.15) is 0 Å². The van der Waals surface area contributed by atoms with Crippen LogP contribution in [0, 0.1) is 10.1 Å². The van der Waals surface area contributed by atoms with Crippen molar-refractivity contribution in [2.24, 2.45) is 0 Å². The molecule has 5 nitrogen and oxygen atoms in total. The topological polar surface area (TPSA) is 69.4 Å². The molecule has 0 saturated heterocycles. The van der Waals surface area contributed by atoms with Gasteiger partial charge < -0.3 is 4.74 Å². The molecule has 0 aliphatic rings. The average Bonchev–Trinajstić information content (AvgIpc) is 2.33. The Balaban J connectivity index is 2.46. The van der Waals surface area contributed by atoms with Gasteiger partial charge in [-0.3, -0.25) is 14.9 Å². The number of thioether (sulfide) groups is 1. The SMILES string of the molecule is CC(C)(C)SCC(=O)OCc1cccc([N+](=O)[O-])c1. The molecule has 0 aliphatic carbocycles. The number of hydrogen-bond donors (Lipinski definition) is 0. The first-order valence-electron chi connectivity index (χ1n) is 5.81. The van der Waals surface area contributed by atoms with Gasteiger partial charge in [0.15, 0.2) is 0 Å². The first kappa shape index (κ1) is 15.5. The number of benzene rings is 1. The molecule has 6 heteroatoms. The number of rotatable bonds is 5. The van der Waals surface area contributed by atoms with E-state index in [1.54, 1.807) is 12.1 Å². The minimum absolute atomic E-state index is 0.00221. The highest BCUT2D eigenvalue weighted by atomic mass is 32.2. The highest BCUT2D eigenvalue weighted by Gasteiger charge is 2.14. The second kappa shape index (κ2) is 6.56. The fourth-order valence-electron chi connectivity index (χ4n) is 1.24. The summed E-state index contributed by atoms with van der Waals surface area (Å²) in [6.45, 7) is 6.12. The molecule has 0 radical (unpaired) electrons. The summed E-state index contributed by atoms with van der Waals surface area (Å²) in [5.74, 6) is -0.0373. The largest absolute Gasteiger partial charge is 0.460 e. The summed E-state index contributed by atoms with van der Waals surface area (Å²) < 4.78 is 5.08. The molecule has 0 N–H and O–H groups in total.